The fourth-order valence-electron chi connectivity index (χ4n) is 1.98. The van der Waals surface area contributed by atoms with Gasteiger partial charge in [0.05, 0.1) is 0 Å². The summed E-state index contributed by atoms with van der Waals surface area (Å²) in [5.41, 5.74) is 2.58. The predicted molar refractivity (Wildman–Crippen MR) is 153 cm³/mol. The van der Waals surface area contributed by atoms with Gasteiger partial charge in [0.25, 0.3) is 0 Å². The van der Waals surface area contributed by atoms with Gasteiger partial charge < -0.3 is 14.9 Å². The number of phenols is 1. The number of aliphatic hydroxyl groups excluding tert-OH is 1. The second-order valence-corrected chi connectivity index (χ2v) is 9.50. The minimum absolute atomic E-state index is 0.0457. The molecular weight excluding hydrogens is 460 g/mol. The van der Waals surface area contributed by atoms with E-state index in [9.17, 15) is 0 Å². The molecule has 0 amide bonds. The van der Waals surface area contributed by atoms with Crippen molar-refractivity contribution in [3.8, 4) is 5.75 Å². The van der Waals surface area contributed by atoms with Gasteiger partial charge in [-0.1, -0.05) is 102 Å². The maximum atomic E-state index is 9.16. The van der Waals surface area contributed by atoms with Crippen molar-refractivity contribution < 1.29 is 14.9 Å². The van der Waals surface area contributed by atoms with Crippen molar-refractivity contribution >= 4 is 34.5 Å². The van der Waals surface area contributed by atoms with Crippen LogP contribution in [0.4, 0.5) is 0 Å². The van der Waals surface area contributed by atoms with E-state index in [4.69, 9.17) is 27.2 Å². The molecule has 3 rings (SSSR count). The van der Waals surface area contributed by atoms with Gasteiger partial charge >= 0.3 is 0 Å². The lowest BCUT2D eigenvalue weighted by atomic mass is 10.2. The first-order valence-electron chi connectivity index (χ1n) is 11.3. The number of hydrogen-bond donors (Lipinski definition) is 2. The minimum atomic E-state index is -0.0457. The molecule has 0 unspecified atom stereocenters. The molecule has 0 bridgehead atoms. The predicted octanol–water partition coefficient (Wildman–Crippen LogP) is 8.53. The molecule has 2 N–H and O–H groups in total. The highest BCUT2D eigenvalue weighted by Crippen LogP contribution is 2.12. The summed E-state index contributed by atoms with van der Waals surface area (Å²) in [4.78, 5) is 0. The molecule has 0 fully saturated rings. The van der Waals surface area contributed by atoms with Crippen LogP contribution in [0.3, 0.4) is 0 Å². The Hall–Kier alpha value is -2.76. The van der Waals surface area contributed by atoms with Crippen molar-refractivity contribution in [2.75, 3.05) is 0 Å². The Morgan fingerprint density at radius 2 is 1.09 bits per heavy atom. The van der Waals surface area contributed by atoms with Gasteiger partial charge in [-0.2, -0.15) is 0 Å². The highest BCUT2D eigenvalue weighted by atomic mass is 32.1. The SMILES string of the molecule is CC(C)C.CC(C)C.OC(=S)c1ccccc1.Oc1ccc(C(=S)OCc2ccccc2)cc1. The molecule has 0 aliphatic heterocycles. The number of ether oxygens (including phenoxy) is 1. The van der Waals surface area contributed by atoms with Gasteiger partial charge in [0, 0.05) is 11.1 Å². The average Bonchev–Trinajstić information content (AvgIpc) is 2.79. The Labute approximate surface area is 216 Å². The largest absolute Gasteiger partial charge is 0.508 e. The summed E-state index contributed by atoms with van der Waals surface area (Å²) in [7, 11) is 0. The average molecular weight is 499 g/mol. The monoisotopic (exact) mass is 498 g/mol. The fraction of sp³-hybridized carbons (Fsp3) is 0.310. The maximum absolute atomic E-state index is 9.16. The first-order chi connectivity index (χ1) is 16.0. The number of rotatable bonds is 4. The van der Waals surface area contributed by atoms with Crippen LogP contribution < -0.4 is 0 Å². The first-order valence-corrected chi connectivity index (χ1v) is 12.1. The second-order valence-electron chi connectivity index (χ2n) is 8.74. The zero-order valence-corrected chi connectivity index (χ0v) is 22.7. The van der Waals surface area contributed by atoms with E-state index in [1.807, 2.05) is 48.5 Å². The maximum Gasteiger partial charge on any atom is 0.191 e. The van der Waals surface area contributed by atoms with Gasteiger partial charge in [0.2, 0.25) is 0 Å². The third-order valence-electron chi connectivity index (χ3n) is 3.34. The number of thiocarbonyl (C=S) groups is 2. The smallest absolute Gasteiger partial charge is 0.191 e. The third-order valence-corrected chi connectivity index (χ3v) is 3.93. The molecule has 0 saturated heterocycles. The lowest BCUT2D eigenvalue weighted by molar-refractivity contribution is 0.302. The van der Waals surface area contributed by atoms with E-state index < -0.39 is 0 Å². The molecule has 0 heterocycles. The standard InChI is InChI=1S/C14H12O2S.C7H6OS.2C4H10/c15-13-8-6-12(7-9-13)14(17)16-10-11-4-2-1-3-5-11;8-7(9)6-4-2-1-3-5-6;2*1-4(2)3/h1-9,15H,10H2;1-5H,(H,8,9);2*4H,1-3H3. The zero-order chi connectivity index (χ0) is 25.9. The van der Waals surface area contributed by atoms with Gasteiger partial charge in [-0.15, -0.1) is 0 Å². The van der Waals surface area contributed by atoms with Crippen molar-refractivity contribution in [3.05, 3.63) is 102 Å². The lowest BCUT2D eigenvalue weighted by Crippen LogP contribution is -2.03. The van der Waals surface area contributed by atoms with Gasteiger partial charge in [0.15, 0.2) is 10.1 Å². The van der Waals surface area contributed by atoms with E-state index in [0.717, 1.165) is 23.0 Å². The van der Waals surface area contributed by atoms with E-state index in [1.165, 1.54) is 0 Å². The van der Waals surface area contributed by atoms with Crippen LogP contribution in [0.15, 0.2) is 84.9 Å². The summed E-state index contributed by atoms with van der Waals surface area (Å²) in [6.45, 7) is 13.5. The van der Waals surface area contributed by atoms with E-state index in [-0.39, 0.29) is 10.8 Å². The number of aromatic hydroxyl groups is 1. The summed E-state index contributed by atoms with van der Waals surface area (Å²) >= 11 is 9.68. The second kappa shape index (κ2) is 18.6. The number of phenolic OH excluding ortho intramolecular Hbond substituents is 1. The fourth-order valence-corrected chi connectivity index (χ4v) is 2.32. The van der Waals surface area contributed by atoms with Crippen LogP contribution in [0.1, 0.15) is 58.2 Å². The van der Waals surface area contributed by atoms with Crippen molar-refractivity contribution in [2.45, 2.75) is 48.1 Å². The topological polar surface area (TPSA) is 49.7 Å². The van der Waals surface area contributed by atoms with E-state index >= 15 is 0 Å². The molecule has 3 nitrogen and oxygen atoms in total. The van der Waals surface area contributed by atoms with E-state index in [1.54, 1.807) is 36.4 Å². The summed E-state index contributed by atoms with van der Waals surface area (Å²) in [5, 5.41) is 18.3. The molecular formula is C29H38O3S2. The molecule has 3 aromatic rings. The minimum Gasteiger partial charge on any atom is -0.508 e. The molecule has 0 aliphatic rings. The molecule has 3 aromatic carbocycles. The first kappa shape index (κ1) is 31.2. The van der Waals surface area contributed by atoms with Crippen LogP contribution in [0.5, 0.6) is 5.75 Å². The Balaban J connectivity index is 0.000000534. The molecule has 34 heavy (non-hydrogen) atoms. The number of hydrogen-bond acceptors (Lipinski definition) is 4. The molecule has 0 spiro atoms. The molecule has 5 heteroatoms. The molecule has 184 valence electrons. The Morgan fingerprint density at radius 1 is 0.676 bits per heavy atom. The van der Waals surface area contributed by atoms with E-state index in [0.29, 0.717) is 17.2 Å². The van der Waals surface area contributed by atoms with Gasteiger partial charge in [-0.3, -0.25) is 0 Å². The van der Waals surface area contributed by atoms with Crippen LogP contribution in [0.25, 0.3) is 0 Å². The molecule has 0 aromatic heterocycles. The van der Waals surface area contributed by atoms with E-state index in [2.05, 4.69) is 53.8 Å². The van der Waals surface area contributed by atoms with Crippen molar-refractivity contribution in [2.24, 2.45) is 11.8 Å². The van der Waals surface area contributed by atoms with Crippen molar-refractivity contribution in [1.29, 1.82) is 0 Å². The van der Waals surface area contributed by atoms with Crippen molar-refractivity contribution in [3.63, 3.8) is 0 Å². The normalized spacial score (nSPS) is 9.41. The number of aliphatic hydroxyl groups is 1. The van der Waals surface area contributed by atoms with Crippen LogP contribution in [0, 0.1) is 11.8 Å². The van der Waals surface area contributed by atoms with Crippen LogP contribution in [-0.4, -0.2) is 20.3 Å². The van der Waals surface area contributed by atoms with Gasteiger partial charge in [-0.25, -0.2) is 0 Å². The highest BCUT2D eigenvalue weighted by Gasteiger charge is 2.02. The Morgan fingerprint density at radius 3 is 1.47 bits per heavy atom. The Bertz CT molecular complexity index is 911. The Kier molecular flexibility index (Phi) is 17.1. The summed E-state index contributed by atoms with van der Waals surface area (Å²) in [6.07, 6.45) is 0. The lowest BCUT2D eigenvalue weighted by Gasteiger charge is -2.07. The van der Waals surface area contributed by atoms with Crippen molar-refractivity contribution in [1.82, 2.24) is 0 Å². The van der Waals surface area contributed by atoms with Crippen LogP contribution in [-0.2, 0) is 11.3 Å². The summed E-state index contributed by atoms with van der Waals surface area (Å²) in [5.74, 6) is 1.89. The number of benzene rings is 3. The van der Waals surface area contributed by atoms with Gasteiger partial charge in [0.1, 0.15) is 12.4 Å². The molecule has 0 atom stereocenters. The summed E-state index contributed by atoms with van der Waals surface area (Å²) < 4.78 is 5.50. The molecule has 0 aliphatic carbocycles. The highest BCUT2D eigenvalue weighted by molar-refractivity contribution is 7.80. The quantitative estimate of drug-likeness (QED) is 0.353. The zero-order valence-electron chi connectivity index (χ0n) is 21.1. The molecule has 0 saturated carbocycles. The molecule has 0 radical (unpaired) electrons. The summed E-state index contributed by atoms with van der Waals surface area (Å²) in [6, 6.07) is 25.6. The van der Waals surface area contributed by atoms with Crippen LogP contribution in [0.2, 0.25) is 0 Å². The van der Waals surface area contributed by atoms with Gasteiger partial charge in [-0.05, 0) is 66.1 Å². The third kappa shape index (κ3) is 17.8. The van der Waals surface area contributed by atoms with Crippen LogP contribution >= 0.6 is 24.4 Å².